The van der Waals surface area contributed by atoms with Crippen molar-refractivity contribution in [3.8, 4) is 5.75 Å². The molecule has 0 heterocycles. The molecule has 0 aliphatic carbocycles. The maximum absolute atomic E-state index is 13.5. The van der Waals surface area contributed by atoms with Gasteiger partial charge in [0.1, 0.15) is 6.61 Å². The van der Waals surface area contributed by atoms with Gasteiger partial charge in [0.2, 0.25) is 5.91 Å². The van der Waals surface area contributed by atoms with Gasteiger partial charge in [-0.1, -0.05) is 41.9 Å². The zero-order valence-corrected chi connectivity index (χ0v) is 15.1. The predicted molar refractivity (Wildman–Crippen MR) is 97.3 cm³/mol. The highest BCUT2D eigenvalue weighted by Crippen LogP contribution is 2.16. The van der Waals surface area contributed by atoms with Crippen molar-refractivity contribution in [2.75, 3.05) is 20.2 Å². The molecule has 25 heavy (non-hydrogen) atoms. The minimum Gasteiger partial charge on any atom is -0.489 e. The number of hydrogen-bond donors (Lipinski definition) is 1. The fourth-order valence-corrected chi connectivity index (χ4v) is 2.43. The third-order valence-corrected chi connectivity index (χ3v) is 4.36. The molecule has 0 saturated carbocycles. The minimum absolute atomic E-state index is 0.103. The Morgan fingerprint density at radius 3 is 2.64 bits per heavy atom. The predicted octanol–water partition coefficient (Wildman–Crippen LogP) is 3.49. The largest absolute Gasteiger partial charge is 0.489 e. The van der Waals surface area contributed by atoms with Crippen LogP contribution in [0.3, 0.4) is 0 Å². The molecule has 6 heteroatoms. The number of benzene rings is 2. The highest BCUT2D eigenvalue weighted by atomic mass is 35.5. The number of rotatable bonds is 8. The Labute approximate surface area is 152 Å². The van der Waals surface area contributed by atoms with Crippen molar-refractivity contribution in [1.82, 2.24) is 10.2 Å². The van der Waals surface area contributed by atoms with E-state index in [0.29, 0.717) is 24.7 Å². The van der Waals surface area contributed by atoms with Crippen molar-refractivity contribution in [1.29, 1.82) is 0 Å². The molecule has 0 bridgehead atoms. The van der Waals surface area contributed by atoms with Gasteiger partial charge in [0.15, 0.2) is 11.6 Å². The van der Waals surface area contributed by atoms with E-state index in [0.717, 1.165) is 5.56 Å². The topological polar surface area (TPSA) is 41.6 Å². The third kappa shape index (κ3) is 5.73. The van der Waals surface area contributed by atoms with Crippen molar-refractivity contribution in [2.24, 2.45) is 0 Å². The third-order valence-electron chi connectivity index (χ3n) is 3.99. The van der Waals surface area contributed by atoms with Crippen molar-refractivity contribution in [2.45, 2.75) is 19.5 Å². The number of nitrogens with zero attached hydrogens (tertiary/aromatic N) is 1. The van der Waals surface area contributed by atoms with Crippen LogP contribution in [0.5, 0.6) is 5.75 Å². The van der Waals surface area contributed by atoms with Crippen LogP contribution in [-0.2, 0) is 11.3 Å². The molecule has 0 saturated heterocycles. The summed E-state index contributed by atoms with van der Waals surface area (Å²) in [4.78, 5) is 14.1. The molecule has 0 aliphatic heterocycles. The number of carbonyl (C=O) groups is 1. The van der Waals surface area contributed by atoms with E-state index in [1.165, 1.54) is 6.07 Å². The zero-order valence-electron chi connectivity index (χ0n) is 14.3. The summed E-state index contributed by atoms with van der Waals surface area (Å²) < 4.78 is 18.9. The zero-order chi connectivity index (χ0) is 18.2. The Morgan fingerprint density at radius 2 is 1.92 bits per heavy atom. The lowest BCUT2D eigenvalue weighted by Crippen LogP contribution is -2.44. The van der Waals surface area contributed by atoms with Crippen LogP contribution in [0.2, 0.25) is 5.02 Å². The first-order chi connectivity index (χ1) is 12.0. The molecule has 2 aromatic rings. The van der Waals surface area contributed by atoms with Gasteiger partial charge in [0.05, 0.1) is 6.04 Å². The van der Waals surface area contributed by atoms with Crippen LogP contribution in [-0.4, -0.2) is 37.0 Å². The van der Waals surface area contributed by atoms with Crippen molar-refractivity contribution in [3.05, 3.63) is 64.9 Å². The highest BCUT2D eigenvalue weighted by Gasteiger charge is 2.18. The second-order valence-electron chi connectivity index (χ2n) is 5.74. The summed E-state index contributed by atoms with van der Waals surface area (Å²) >= 11 is 6.08. The maximum atomic E-state index is 13.5. The monoisotopic (exact) mass is 364 g/mol. The van der Waals surface area contributed by atoms with Crippen LogP contribution in [0.25, 0.3) is 0 Å². The van der Waals surface area contributed by atoms with E-state index < -0.39 is 5.82 Å². The summed E-state index contributed by atoms with van der Waals surface area (Å²) in [5, 5.41) is 3.50. The summed E-state index contributed by atoms with van der Waals surface area (Å²) in [7, 11) is 1.82. The van der Waals surface area contributed by atoms with E-state index in [9.17, 15) is 9.18 Å². The van der Waals surface area contributed by atoms with Crippen LogP contribution < -0.4 is 10.1 Å². The van der Waals surface area contributed by atoms with Gasteiger partial charge in [0.25, 0.3) is 0 Å². The first-order valence-corrected chi connectivity index (χ1v) is 8.45. The van der Waals surface area contributed by atoms with Gasteiger partial charge < -0.3 is 10.1 Å². The molecule has 0 fully saturated rings. The van der Waals surface area contributed by atoms with E-state index in [1.807, 2.05) is 37.1 Å². The Bertz CT molecular complexity index is 711. The summed E-state index contributed by atoms with van der Waals surface area (Å²) in [5.74, 6) is -0.282. The van der Waals surface area contributed by atoms with E-state index in [2.05, 4.69) is 5.32 Å². The van der Waals surface area contributed by atoms with Gasteiger partial charge in [-0.15, -0.1) is 0 Å². The molecular formula is C19H22ClFN2O2. The van der Waals surface area contributed by atoms with E-state index in [1.54, 1.807) is 24.3 Å². The minimum atomic E-state index is -0.393. The number of amides is 1. The quantitative estimate of drug-likeness (QED) is 0.779. The second kappa shape index (κ2) is 9.39. The summed E-state index contributed by atoms with van der Waals surface area (Å²) in [6.07, 6.45) is 0. The highest BCUT2D eigenvalue weighted by molar-refractivity contribution is 6.31. The molecule has 0 radical (unpaired) electrons. The molecule has 134 valence electrons. The SMILES string of the molecule is C[C@H](C(=O)NCc1ccccc1Cl)N(C)CCOc1ccccc1F. The maximum Gasteiger partial charge on any atom is 0.237 e. The number of likely N-dealkylation sites (N-methyl/N-ethyl adjacent to an activating group) is 1. The standard InChI is InChI=1S/C19H22ClFN2O2/c1-14(19(24)22-13-15-7-3-4-8-16(15)20)23(2)11-12-25-18-10-6-5-9-17(18)21/h3-10,14H,11-13H2,1-2H3,(H,22,24)/t14-/m1/s1. The number of nitrogens with one attached hydrogen (secondary N) is 1. The molecule has 2 rings (SSSR count). The number of para-hydroxylation sites is 1. The van der Waals surface area contributed by atoms with Crippen molar-refractivity contribution < 1.29 is 13.9 Å². The molecule has 2 aromatic carbocycles. The smallest absolute Gasteiger partial charge is 0.237 e. The molecule has 0 spiro atoms. The molecule has 4 nitrogen and oxygen atoms in total. The van der Waals surface area contributed by atoms with Crippen molar-refractivity contribution >= 4 is 17.5 Å². The van der Waals surface area contributed by atoms with Gasteiger partial charge in [0, 0.05) is 18.1 Å². The fraction of sp³-hybridized carbons (Fsp3) is 0.316. The molecular weight excluding hydrogens is 343 g/mol. The molecule has 0 aliphatic rings. The average Bonchev–Trinajstić information content (AvgIpc) is 2.61. The Hall–Kier alpha value is -2.11. The summed E-state index contributed by atoms with van der Waals surface area (Å²) in [6.45, 7) is 2.97. The average molecular weight is 365 g/mol. The fourth-order valence-electron chi connectivity index (χ4n) is 2.23. The van der Waals surface area contributed by atoms with Crippen LogP contribution >= 0.6 is 11.6 Å². The molecule has 1 atom stereocenters. The molecule has 1 amide bonds. The van der Waals surface area contributed by atoms with Gasteiger partial charge in [-0.25, -0.2) is 4.39 Å². The molecule has 1 N–H and O–H groups in total. The van der Waals surface area contributed by atoms with E-state index in [-0.39, 0.29) is 17.7 Å². The van der Waals surface area contributed by atoms with Gasteiger partial charge in [-0.3, -0.25) is 9.69 Å². The number of ether oxygens (including phenoxy) is 1. The van der Waals surface area contributed by atoms with Crippen LogP contribution in [0.4, 0.5) is 4.39 Å². The Kier molecular flexibility index (Phi) is 7.22. The summed E-state index contributed by atoms with van der Waals surface area (Å²) in [5.41, 5.74) is 0.871. The number of halogens is 2. The van der Waals surface area contributed by atoms with Crippen LogP contribution in [0.15, 0.2) is 48.5 Å². The number of hydrogen-bond acceptors (Lipinski definition) is 3. The lowest BCUT2D eigenvalue weighted by molar-refractivity contribution is -0.125. The Morgan fingerprint density at radius 1 is 1.24 bits per heavy atom. The lowest BCUT2D eigenvalue weighted by atomic mass is 10.2. The van der Waals surface area contributed by atoms with Gasteiger partial charge >= 0.3 is 0 Å². The van der Waals surface area contributed by atoms with Gasteiger partial charge in [-0.2, -0.15) is 0 Å². The van der Waals surface area contributed by atoms with E-state index in [4.69, 9.17) is 16.3 Å². The number of carbonyl (C=O) groups excluding carboxylic acids is 1. The first-order valence-electron chi connectivity index (χ1n) is 8.07. The molecule has 0 aromatic heterocycles. The summed E-state index contributed by atoms with van der Waals surface area (Å²) in [6, 6.07) is 13.3. The van der Waals surface area contributed by atoms with Crippen LogP contribution in [0.1, 0.15) is 12.5 Å². The molecule has 0 unspecified atom stereocenters. The van der Waals surface area contributed by atoms with Crippen molar-refractivity contribution in [3.63, 3.8) is 0 Å². The van der Waals surface area contributed by atoms with E-state index >= 15 is 0 Å². The van der Waals surface area contributed by atoms with Crippen LogP contribution in [0, 0.1) is 5.82 Å². The lowest BCUT2D eigenvalue weighted by Gasteiger charge is -2.24. The second-order valence-corrected chi connectivity index (χ2v) is 6.15. The first kappa shape index (κ1) is 19.2. The normalized spacial score (nSPS) is 12.0. The Balaban J connectivity index is 1.77. The van der Waals surface area contributed by atoms with Gasteiger partial charge in [-0.05, 0) is 37.7 Å².